The van der Waals surface area contributed by atoms with Crippen LogP contribution >= 0.6 is 0 Å². The molecule has 1 heterocycles. The maximum Gasteiger partial charge on any atom is 0.142 e. The summed E-state index contributed by atoms with van der Waals surface area (Å²) in [4.78, 5) is 0. The van der Waals surface area contributed by atoms with Crippen LogP contribution in [0.2, 0.25) is 0 Å². The van der Waals surface area contributed by atoms with Crippen molar-refractivity contribution in [2.24, 2.45) is 0 Å². The van der Waals surface area contributed by atoms with Gasteiger partial charge in [-0.1, -0.05) is 24.3 Å². The van der Waals surface area contributed by atoms with Crippen molar-refractivity contribution >= 4 is 5.69 Å². The molecule has 0 spiro atoms. The fourth-order valence-electron chi connectivity index (χ4n) is 2.32. The van der Waals surface area contributed by atoms with E-state index in [2.05, 4.69) is 23.5 Å². The van der Waals surface area contributed by atoms with Crippen LogP contribution in [0.25, 0.3) is 0 Å². The van der Waals surface area contributed by atoms with Gasteiger partial charge in [-0.25, -0.2) is 0 Å². The molecule has 0 saturated heterocycles. The Morgan fingerprint density at radius 3 is 2.74 bits per heavy atom. The number of hydrogen-bond acceptors (Lipinski definition) is 3. The van der Waals surface area contributed by atoms with E-state index in [1.54, 1.807) is 7.11 Å². The smallest absolute Gasteiger partial charge is 0.142 e. The molecule has 1 N–H and O–H groups in total. The second kappa shape index (κ2) is 5.22. The number of benzene rings is 2. The van der Waals surface area contributed by atoms with Gasteiger partial charge in [0.15, 0.2) is 0 Å². The molecule has 3 heteroatoms. The van der Waals surface area contributed by atoms with Crippen molar-refractivity contribution in [1.82, 2.24) is 0 Å². The normalized spacial score (nSPS) is 17.0. The van der Waals surface area contributed by atoms with E-state index >= 15 is 0 Å². The van der Waals surface area contributed by atoms with Gasteiger partial charge < -0.3 is 14.8 Å². The van der Waals surface area contributed by atoms with Crippen LogP contribution in [-0.2, 0) is 6.42 Å². The molecule has 0 saturated carbocycles. The van der Waals surface area contributed by atoms with E-state index in [0.29, 0.717) is 12.6 Å². The lowest BCUT2D eigenvalue weighted by atomic mass is 10.0. The molecule has 98 valence electrons. The van der Waals surface area contributed by atoms with Crippen LogP contribution < -0.4 is 14.8 Å². The molecular formula is C16H17NO2. The van der Waals surface area contributed by atoms with Crippen LogP contribution in [0.1, 0.15) is 5.56 Å². The maximum atomic E-state index is 5.77. The summed E-state index contributed by atoms with van der Waals surface area (Å²) in [6.07, 6.45) is 0.943. The molecule has 0 aliphatic carbocycles. The summed E-state index contributed by atoms with van der Waals surface area (Å²) in [5, 5.41) is 3.52. The topological polar surface area (TPSA) is 30.5 Å². The first kappa shape index (κ1) is 11.9. The average molecular weight is 255 g/mol. The minimum atomic E-state index is 0.309. The summed E-state index contributed by atoms with van der Waals surface area (Å²) in [5.74, 6) is 1.83. The van der Waals surface area contributed by atoms with Crippen LogP contribution in [0, 0.1) is 0 Å². The molecule has 3 rings (SSSR count). The lowest BCUT2D eigenvalue weighted by molar-refractivity contribution is 0.283. The first-order chi connectivity index (χ1) is 9.35. The molecule has 0 radical (unpaired) electrons. The zero-order valence-electron chi connectivity index (χ0n) is 10.9. The van der Waals surface area contributed by atoms with Crippen LogP contribution in [-0.4, -0.2) is 19.8 Å². The quantitative estimate of drug-likeness (QED) is 0.914. The number of anilines is 1. The van der Waals surface area contributed by atoms with Gasteiger partial charge in [-0.2, -0.15) is 0 Å². The van der Waals surface area contributed by atoms with Gasteiger partial charge in [0.2, 0.25) is 0 Å². The Morgan fingerprint density at radius 1 is 1.16 bits per heavy atom. The Hall–Kier alpha value is -2.16. The van der Waals surface area contributed by atoms with Crippen LogP contribution in [0.5, 0.6) is 11.5 Å². The number of methoxy groups -OCH3 is 1. The highest BCUT2D eigenvalue weighted by Crippen LogP contribution is 2.28. The number of hydrogen-bond donors (Lipinski definition) is 1. The van der Waals surface area contributed by atoms with Crippen molar-refractivity contribution in [3.05, 3.63) is 54.1 Å². The Kier molecular flexibility index (Phi) is 3.27. The van der Waals surface area contributed by atoms with Crippen molar-refractivity contribution in [2.75, 3.05) is 19.0 Å². The van der Waals surface area contributed by atoms with Crippen molar-refractivity contribution in [1.29, 1.82) is 0 Å². The van der Waals surface area contributed by atoms with E-state index in [-0.39, 0.29) is 0 Å². The first-order valence-electron chi connectivity index (χ1n) is 6.46. The zero-order chi connectivity index (χ0) is 13.1. The Balaban J connectivity index is 1.68. The molecule has 3 nitrogen and oxygen atoms in total. The van der Waals surface area contributed by atoms with E-state index < -0.39 is 0 Å². The van der Waals surface area contributed by atoms with Crippen LogP contribution in [0.3, 0.4) is 0 Å². The summed E-state index contributed by atoms with van der Waals surface area (Å²) in [7, 11) is 1.68. The molecule has 19 heavy (non-hydrogen) atoms. The lowest BCUT2D eigenvalue weighted by Crippen LogP contribution is -2.33. The minimum Gasteiger partial charge on any atom is -0.497 e. The molecular weight excluding hydrogens is 238 g/mol. The fourth-order valence-corrected chi connectivity index (χ4v) is 2.32. The molecule has 0 unspecified atom stereocenters. The van der Waals surface area contributed by atoms with Gasteiger partial charge in [-0.15, -0.1) is 0 Å². The van der Waals surface area contributed by atoms with Gasteiger partial charge in [-0.3, -0.25) is 0 Å². The highest BCUT2D eigenvalue weighted by molar-refractivity contribution is 5.58. The lowest BCUT2D eigenvalue weighted by Gasteiger charge is -2.27. The van der Waals surface area contributed by atoms with Gasteiger partial charge in [0.25, 0.3) is 0 Å². The van der Waals surface area contributed by atoms with E-state index in [0.717, 1.165) is 23.6 Å². The van der Waals surface area contributed by atoms with E-state index in [1.807, 2.05) is 30.3 Å². The molecule has 2 aromatic rings. The monoisotopic (exact) mass is 255 g/mol. The maximum absolute atomic E-state index is 5.77. The molecule has 1 aliphatic rings. The molecule has 0 aromatic heterocycles. The zero-order valence-corrected chi connectivity index (χ0v) is 10.9. The molecule has 1 aliphatic heterocycles. The highest BCUT2D eigenvalue weighted by Gasteiger charge is 2.18. The second-order valence-corrected chi connectivity index (χ2v) is 4.70. The molecule has 0 amide bonds. The van der Waals surface area contributed by atoms with Crippen molar-refractivity contribution in [2.45, 2.75) is 12.5 Å². The van der Waals surface area contributed by atoms with E-state index in [1.165, 1.54) is 5.56 Å². The number of ether oxygens (including phenoxy) is 2. The van der Waals surface area contributed by atoms with Crippen LogP contribution in [0.4, 0.5) is 5.69 Å². The van der Waals surface area contributed by atoms with Gasteiger partial charge >= 0.3 is 0 Å². The number of nitrogens with one attached hydrogen (secondary N) is 1. The summed E-state index contributed by atoms with van der Waals surface area (Å²) >= 11 is 0. The van der Waals surface area contributed by atoms with Gasteiger partial charge in [0.1, 0.15) is 18.1 Å². The summed E-state index contributed by atoms with van der Waals surface area (Å²) in [6, 6.07) is 16.5. The molecule has 2 aromatic carbocycles. The number of rotatable bonds is 3. The Bertz CT molecular complexity index is 551. The minimum absolute atomic E-state index is 0.309. The van der Waals surface area contributed by atoms with Crippen LogP contribution in [0.15, 0.2) is 48.5 Å². The largest absolute Gasteiger partial charge is 0.497 e. The third-order valence-electron chi connectivity index (χ3n) is 3.33. The second-order valence-electron chi connectivity index (χ2n) is 4.70. The van der Waals surface area contributed by atoms with Gasteiger partial charge in [-0.05, 0) is 36.2 Å². The van der Waals surface area contributed by atoms with Gasteiger partial charge in [0, 0.05) is 0 Å². The average Bonchev–Trinajstić information content (AvgIpc) is 2.48. The predicted octanol–water partition coefficient (Wildman–Crippen LogP) is 3.11. The number of para-hydroxylation sites is 2. The molecule has 0 bridgehead atoms. The summed E-state index contributed by atoms with van der Waals surface area (Å²) in [5.41, 5.74) is 2.36. The Labute approximate surface area is 113 Å². The SMILES string of the molecule is COc1ccc(C[C@H]2COc3ccccc3N2)cc1. The Morgan fingerprint density at radius 2 is 1.95 bits per heavy atom. The van der Waals surface area contributed by atoms with Crippen molar-refractivity contribution in [3.63, 3.8) is 0 Å². The van der Waals surface area contributed by atoms with Crippen molar-refractivity contribution in [3.8, 4) is 11.5 Å². The standard InChI is InChI=1S/C16H17NO2/c1-18-14-8-6-12(7-9-14)10-13-11-19-16-5-3-2-4-15(16)17-13/h2-9,13,17H,10-11H2,1H3/t13-/m0/s1. The fraction of sp³-hybridized carbons (Fsp3) is 0.250. The summed E-state index contributed by atoms with van der Waals surface area (Å²) < 4.78 is 10.9. The molecule has 0 fully saturated rings. The van der Waals surface area contributed by atoms with Gasteiger partial charge in [0.05, 0.1) is 18.8 Å². The van der Waals surface area contributed by atoms with Crippen molar-refractivity contribution < 1.29 is 9.47 Å². The first-order valence-corrected chi connectivity index (χ1v) is 6.46. The third-order valence-corrected chi connectivity index (χ3v) is 3.33. The summed E-state index contributed by atoms with van der Waals surface area (Å²) in [6.45, 7) is 0.697. The van der Waals surface area contributed by atoms with E-state index in [4.69, 9.17) is 9.47 Å². The highest BCUT2D eigenvalue weighted by atomic mass is 16.5. The number of fused-ring (bicyclic) bond motifs is 1. The molecule has 1 atom stereocenters. The third kappa shape index (κ3) is 2.65. The van der Waals surface area contributed by atoms with E-state index in [9.17, 15) is 0 Å². The predicted molar refractivity (Wildman–Crippen MR) is 76.0 cm³/mol.